The first-order valence-electron chi connectivity index (χ1n) is 13.5. The molecule has 0 unspecified atom stereocenters. The molecule has 1 saturated heterocycles. The molecular weight excluding hydrogens is 484 g/mol. The van der Waals surface area contributed by atoms with Gasteiger partial charge in [0.1, 0.15) is 11.9 Å². The van der Waals surface area contributed by atoms with Crippen LogP contribution in [-0.4, -0.2) is 57.2 Å². The predicted octanol–water partition coefficient (Wildman–Crippen LogP) is 3.18. The van der Waals surface area contributed by atoms with Gasteiger partial charge >= 0.3 is 5.97 Å². The standard InChI is InChI=1S/C29H40N4O5/c1-18(2)16-38-29(36)26(20(4)34)30-13-21-8-9-25-24(12-21)31-27(23-11-19(3)28(35)32(5)15-23)33(25)14-22-7-6-10-37-17-22/h8-9,11-12,15,18,20,22,26,30,34H,6-7,10,13-14,16-17H2,1-5H3/t20-,22+,26+/m1/s1. The topological polar surface area (TPSA) is 108 Å². The van der Waals surface area contributed by atoms with Crippen molar-refractivity contribution in [2.45, 2.75) is 65.8 Å². The van der Waals surface area contributed by atoms with Gasteiger partial charge in [0.25, 0.3) is 5.56 Å². The maximum absolute atomic E-state index is 12.5. The summed E-state index contributed by atoms with van der Waals surface area (Å²) in [7, 11) is 1.76. The van der Waals surface area contributed by atoms with E-state index < -0.39 is 18.1 Å². The number of aromatic nitrogens is 3. The zero-order valence-electron chi connectivity index (χ0n) is 23.1. The number of fused-ring (bicyclic) bond motifs is 1. The maximum Gasteiger partial charge on any atom is 0.325 e. The molecule has 1 fully saturated rings. The van der Waals surface area contributed by atoms with Crippen molar-refractivity contribution in [3.05, 3.63) is 51.9 Å². The Bertz CT molecular complexity index is 1290. The highest BCUT2D eigenvalue weighted by molar-refractivity contribution is 5.81. The normalized spacial score (nSPS) is 17.6. The average molecular weight is 525 g/mol. The van der Waals surface area contributed by atoms with E-state index in [1.165, 1.54) is 0 Å². The number of aliphatic hydroxyl groups is 1. The highest BCUT2D eigenvalue weighted by Crippen LogP contribution is 2.28. The molecule has 0 aliphatic carbocycles. The van der Waals surface area contributed by atoms with Crippen molar-refractivity contribution in [3.8, 4) is 11.4 Å². The summed E-state index contributed by atoms with van der Waals surface area (Å²) >= 11 is 0. The fourth-order valence-corrected chi connectivity index (χ4v) is 4.92. The number of benzene rings is 1. The van der Waals surface area contributed by atoms with Crippen LogP contribution in [0.15, 0.2) is 35.3 Å². The third-order valence-corrected chi connectivity index (χ3v) is 6.95. The van der Waals surface area contributed by atoms with Crippen LogP contribution in [0.3, 0.4) is 0 Å². The van der Waals surface area contributed by atoms with Gasteiger partial charge in [0.05, 0.1) is 30.4 Å². The van der Waals surface area contributed by atoms with E-state index in [2.05, 4.69) is 16.0 Å². The molecule has 4 rings (SSSR count). The average Bonchev–Trinajstić information content (AvgIpc) is 3.23. The summed E-state index contributed by atoms with van der Waals surface area (Å²) < 4.78 is 14.9. The molecule has 0 amide bonds. The van der Waals surface area contributed by atoms with Gasteiger partial charge in [-0.05, 0) is 56.4 Å². The number of rotatable bonds is 10. The van der Waals surface area contributed by atoms with Crippen molar-refractivity contribution < 1.29 is 19.4 Å². The fraction of sp³-hybridized carbons (Fsp3) is 0.552. The summed E-state index contributed by atoms with van der Waals surface area (Å²) in [5, 5.41) is 13.3. The third kappa shape index (κ3) is 6.51. The maximum atomic E-state index is 12.5. The van der Waals surface area contributed by atoms with Gasteiger partial charge in [0.2, 0.25) is 0 Å². The molecule has 0 spiro atoms. The van der Waals surface area contributed by atoms with Crippen LogP contribution in [0.25, 0.3) is 22.4 Å². The second kappa shape index (κ2) is 12.2. The molecule has 1 aromatic carbocycles. The Morgan fingerprint density at radius 2 is 2.08 bits per heavy atom. The number of nitrogens with one attached hydrogen (secondary N) is 1. The molecule has 0 radical (unpaired) electrons. The highest BCUT2D eigenvalue weighted by Gasteiger charge is 2.25. The third-order valence-electron chi connectivity index (χ3n) is 6.95. The van der Waals surface area contributed by atoms with Gasteiger partial charge < -0.3 is 23.7 Å². The Hall–Kier alpha value is -3.01. The number of esters is 1. The lowest BCUT2D eigenvalue weighted by Gasteiger charge is -2.23. The van der Waals surface area contributed by atoms with Crippen LogP contribution >= 0.6 is 0 Å². The number of carbonyl (C=O) groups is 1. The van der Waals surface area contributed by atoms with E-state index in [9.17, 15) is 14.7 Å². The largest absolute Gasteiger partial charge is 0.464 e. The Labute approximate surface area is 223 Å². The smallest absolute Gasteiger partial charge is 0.325 e. The van der Waals surface area contributed by atoms with Crippen molar-refractivity contribution >= 4 is 17.0 Å². The molecule has 2 aromatic heterocycles. The van der Waals surface area contributed by atoms with Gasteiger partial charge in [-0.25, -0.2) is 4.98 Å². The van der Waals surface area contributed by atoms with Gasteiger partial charge in [-0.15, -0.1) is 0 Å². The molecule has 38 heavy (non-hydrogen) atoms. The molecule has 206 valence electrons. The van der Waals surface area contributed by atoms with Crippen LogP contribution in [0.2, 0.25) is 0 Å². The molecule has 1 aliphatic rings. The summed E-state index contributed by atoms with van der Waals surface area (Å²) in [6, 6.07) is 7.15. The van der Waals surface area contributed by atoms with E-state index in [0.717, 1.165) is 60.6 Å². The van der Waals surface area contributed by atoms with E-state index in [1.54, 1.807) is 18.5 Å². The molecular formula is C29H40N4O5. The van der Waals surface area contributed by atoms with E-state index >= 15 is 0 Å². The van der Waals surface area contributed by atoms with Crippen LogP contribution < -0.4 is 10.9 Å². The van der Waals surface area contributed by atoms with Crippen LogP contribution in [0, 0.1) is 18.8 Å². The van der Waals surface area contributed by atoms with Crippen LogP contribution in [0.5, 0.6) is 0 Å². The summed E-state index contributed by atoms with van der Waals surface area (Å²) in [4.78, 5) is 29.8. The minimum absolute atomic E-state index is 0.0231. The van der Waals surface area contributed by atoms with E-state index in [1.807, 2.05) is 45.2 Å². The lowest BCUT2D eigenvalue weighted by molar-refractivity contribution is -0.150. The van der Waals surface area contributed by atoms with Gasteiger partial charge in [-0.1, -0.05) is 19.9 Å². The number of nitrogens with zero attached hydrogens (tertiary/aromatic N) is 3. The SMILES string of the molecule is Cc1cc(-c2nc3cc(CN[C@H](C(=O)OCC(C)C)[C@@H](C)O)ccc3n2C[C@@H]2CCCOC2)cn(C)c1=O. The molecule has 0 bridgehead atoms. The van der Waals surface area contributed by atoms with Crippen molar-refractivity contribution in [2.75, 3.05) is 19.8 Å². The van der Waals surface area contributed by atoms with Crippen LogP contribution in [0.4, 0.5) is 0 Å². The highest BCUT2D eigenvalue weighted by atomic mass is 16.5. The Morgan fingerprint density at radius 3 is 2.74 bits per heavy atom. The zero-order valence-corrected chi connectivity index (χ0v) is 23.1. The number of aryl methyl sites for hydroxylation is 2. The summed E-state index contributed by atoms with van der Waals surface area (Å²) in [6.07, 6.45) is 3.09. The van der Waals surface area contributed by atoms with E-state index in [4.69, 9.17) is 14.5 Å². The van der Waals surface area contributed by atoms with Crippen molar-refractivity contribution in [1.29, 1.82) is 0 Å². The van der Waals surface area contributed by atoms with E-state index in [0.29, 0.717) is 24.6 Å². The molecule has 3 heterocycles. The van der Waals surface area contributed by atoms with Gasteiger partial charge in [0, 0.05) is 50.0 Å². The second-order valence-electron chi connectivity index (χ2n) is 10.9. The zero-order chi connectivity index (χ0) is 27.4. The molecule has 3 atom stereocenters. The molecule has 3 aromatic rings. The number of carbonyl (C=O) groups excluding carboxylic acids is 1. The van der Waals surface area contributed by atoms with E-state index in [-0.39, 0.29) is 11.5 Å². The summed E-state index contributed by atoms with van der Waals surface area (Å²) in [5.74, 6) is 0.962. The number of aliphatic hydroxyl groups excluding tert-OH is 1. The summed E-state index contributed by atoms with van der Waals surface area (Å²) in [6.45, 7) is 10.3. The first kappa shape index (κ1) is 28.0. The number of hydrogen-bond donors (Lipinski definition) is 2. The summed E-state index contributed by atoms with van der Waals surface area (Å²) in [5.41, 5.74) is 4.31. The molecule has 1 aliphatic heterocycles. The number of ether oxygens (including phenoxy) is 2. The molecule has 9 heteroatoms. The first-order valence-corrected chi connectivity index (χ1v) is 13.5. The van der Waals surface area contributed by atoms with Gasteiger partial charge in [-0.2, -0.15) is 0 Å². The number of imidazole rings is 1. The molecule has 2 N–H and O–H groups in total. The van der Waals surface area contributed by atoms with Gasteiger partial charge in [-0.3, -0.25) is 14.9 Å². The quantitative estimate of drug-likeness (QED) is 0.392. The first-order chi connectivity index (χ1) is 18.1. The van der Waals surface area contributed by atoms with Crippen LogP contribution in [-0.2, 0) is 34.4 Å². The number of hydrogen-bond acceptors (Lipinski definition) is 7. The lowest BCUT2D eigenvalue weighted by atomic mass is 10.0. The van der Waals surface area contributed by atoms with Gasteiger partial charge in [0.15, 0.2) is 0 Å². The second-order valence-corrected chi connectivity index (χ2v) is 10.9. The monoisotopic (exact) mass is 524 g/mol. The van der Waals surface area contributed by atoms with Crippen LogP contribution in [0.1, 0.15) is 44.7 Å². The minimum Gasteiger partial charge on any atom is -0.464 e. The Morgan fingerprint density at radius 1 is 1.29 bits per heavy atom. The minimum atomic E-state index is -0.894. The number of pyridine rings is 1. The fourth-order valence-electron chi connectivity index (χ4n) is 4.92. The predicted molar refractivity (Wildman–Crippen MR) is 147 cm³/mol. The molecule has 9 nitrogen and oxygen atoms in total. The Kier molecular flexibility index (Phi) is 9.02. The van der Waals surface area contributed by atoms with Crippen molar-refractivity contribution in [3.63, 3.8) is 0 Å². The van der Waals surface area contributed by atoms with Crippen molar-refractivity contribution in [1.82, 2.24) is 19.4 Å². The van der Waals surface area contributed by atoms with Crippen molar-refractivity contribution in [2.24, 2.45) is 18.9 Å². The lowest BCUT2D eigenvalue weighted by Crippen LogP contribution is -2.45. The Balaban J connectivity index is 1.64. The molecule has 0 saturated carbocycles.